The van der Waals surface area contributed by atoms with Crippen molar-refractivity contribution >= 4 is 11.6 Å². The van der Waals surface area contributed by atoms with Crippen LogP contribution in [-0.2, 0) is 11.2 Å². The van der Waals surface area contributed by atoms with Crippen LogP contribution in [0.5, 0.6) is 0 Å². The van der Waals surface area contributed by atoms with Gasteiger partial charge in [-0.3, -0.25) is 4.79 Å². The third-order valence-electron chi connectivity index (χ3n) is 5.64. The van der Waals surface area contributed by atoms with Crippen LogP contribution in [0.3, 0.4) is 0 Å². The van der Waals surface area contributed by atoms with E-state index < -0.39 is 0 Å². The number of anilines is 1. The molecule has 3 N–H and O–H groups in total. The number of carbonyl (C=O) groups is 1. The lowest BCUT2D eigenvalue weighted by atomic mass is 9.88. The molecule has 3 nitrogen and oxygen atoms in total. The predicted octanol–water partition coefficient (Wildman–Crippen LogP) is 2.81. The van der Waals surface area contributed by atoms with Crippen molar-refractivity contribution in [3.63, 3.8) is 0 Å². The number of rotatable bonds is 2. The number of nitrogen functional groups attached to an aromatic ring is 1. The van der Waals surface area contributed by atoms with Gasteiger partial charge in [0, 0.05) is 11.6 Å². The Morgan fingerprint density at radius 2 is 2.10 bits per heavy atom. The average Bonchev–Trinajstić information content (AvgIpc) is 3.13. The molecule has 4 unspecified atom stereocenters. The topological polar surface area (TPSA) is 55.1 Å². The zero-order valence-corrected chi connectivity index (χ0v) is 11.8. The fraction of sp³-hybridized carbons (Fsp3) is 0.588. The molecule has 1 aromatic carbocycles. The van der Waals surface area contributed by atoms with Crippen molar-refractivity contribution < 1.29 is 4.79 Å². The molecule has 20 heavy (non-hydrogen) atoms. The molecule has 106 valence electrons. The Labute approximate surface area is 119 Å². The smallest absolute Gasteiger partial charge is 0.223 e. The molecular formula is C17H22N2O. The van der Waals surface area contributed by atoms with Crippen molar-refractivity contribution in [3.8, 4) is 0 Å². The van der Waals surface area contributed by atoms with Crippen LogP contribution in [0.15, 0.2) is 18.2 Å². The summed E-state index contributed by atoms with van der Waals surface area (Å²) in [4.78, 5) is 12.5. The van der Waals surface area contributed by atoms with E-state index in [0.717, 1.165) is 30.9 Å². The number of nitrogens with one attached hydrogen (secondary N) is 1. The highest BCUT2D eigenvalue weighted by Gasteiger charge is 2.43. The minimum absolute atomic E-state index is 0.206. The van der Waals surface area contributed by atoms with Crippen LogP contribution in [0.25, 0.3) is 0 Å². The molecule has 0 radical (unpaired) electrons. The molecule has 0 heterocycles. The summed E-state index contributed by atoms with van der Waals surface area (Å²) in [7, 11) is 0. The van der Waals surface area contributed by atoms with Gasteiger partial charge < -0.3 is 11.1 Å². The highest BCUT2D eigenvalue weighted by molar-refractivity contribution is 5.80. The van der Waals surface area contributed by atoms with Crippen LogP contribution in [0.1, 0.15) is 49.3 Å². The van der Waals surface area contributed by atoms with Crippen molar-refractivity contribution in [2.24, 2.45) is 17.8 Å². The molecule has 4 atom stereocenters. The normalized spacial score (nSPS) is 34.2. The summed E-state index contributed by atoms with van der Waals surface area (Å²) in [5, 5.41) is 3.30. The Morgan fingerprint density at radius 1 is 1.20 bits per heavy atom. The maximum atomic E-state index is 12.5. The molecule has 0 spiro atoms. The number of aryl methyl sites for hydroxylation is 1. The maximum absolute atomic E-state index is 12.5. The Balaban J connectivity index is 1.47. The van der Waals surface area contributed by atoms with Gasteiger partial charge in [0.2, 0.25) is 5.91 Å². The molecule has 3 aliphatic rings. The number of benzene rings is 1. The quantitative estimate of drug-likeness (QED) is 0.812. The highest BCUT2D eigenvalue weighted by Crippen LogP contribution is 2.48. The highest BCUT2D eigenvalue weighted by atomic mass is 16.2. The summed E-state index contributed by atoms with van der Waals surface area (Å²) in [6.45, 7) is 0. The third kappa shape index (κ3) is 1.91. The van der Waals surface area contributed by atoms with E-state index in [1.165, 1.54) is 30.4 Å². The molecule has 3 heteroatoms. The molecular weight excluding hydrogens is 248 g/mol. The van der Waals surface area contributed by atoms with Crippen LogP contribution in [0.2, 0.25) is 0 Å². The lowest BCUT2D eigenvalue weighted by Crippen LogP contribution is -2.35. The molecule has 0 aromatic heterocycles. The summed E-state index contributed by atoms with van der Waals surface area (Å²) in [5.74, 6) is 2.07. The van der Waals surface area contributed by atoms with Gasteiger partial charge >= 0.3 is 0 Å². The number of fused-ring (bicyclic) bond motifs is 3. The zero-order chi connectivity index (χ0) is 13.7. The first kappa shape index (κ1) is 12.2. The molecule has 2 bridgehead atoms. The number of carbonyl (C=O) groups excluding carboxylic acids is 1. The van der Waals surface area contributed by atoms with Crippen LogP contribution in [0, 0.1) is 17.8 Å². The lowest BCUT2D eigenvalue weighted by Gasteiger charge is -2.23. The average molecular weight is 270 g/mol. The van der Waals surface area contributed by atoms with Crippen molar-refractivity contribution in [1.82, 2.24) is 5.32 Å². The second-order valence-corrected chi connectivity index (χ2v) is 6.84. The summed E-state index contributed by atoms with van der Waals surface area (Å²) in [6, 6.07) is 6.29. The summed E-state index contributed by atoms with van der Waals surface area (Å²) < 4.78 is 0. The first-order valence-electron chi connectivity index (χ1n) is 7.89. The van der Waals surface area contributed by atoms with Gasteiger partial charge in [-0.05, 0) is 67.2 Å². The molecule has 0 saturated heterocycles. The second-order valence-electron chi connectivity index (χ2n) is 6.84. The SMILES string of the molecule is Nc1ccc2c(c1)CCC2NC(=O)C1CC2CCC1C2. The fourth-order valence-corrected chi connectivity index (χ4v) is 4.63. The van der Waals surface area contributed by atoms with Crippen molar-refractivity contribution in [1.29, 1.82) is 0 Å². The standard InChI is InChI=1S/C17H22N2O/c18-13-4-5-14-12(9-13)3-6-16(14)19-17(20)15-8-10-1-2-11(15)7-10/h4-5,9-11,15-16H,1-3,6-8,18H2,(H,19,20). The molecule has 1 amide bonds. The number of hydrogen-bond donors (Lipinski definition) is 2. The van der Waals surface area contributed by atoms with Crippen LogP contribution < -0.4 is 11.1 Å². The number of hydrogen-bond acceptors (Lipinski definition) is 2. The number of amides is 1. The van der Waals surface area contributed by atoms with Crippen molar-refractivity contribution in [3.05, 3.63) is 29.3 Å². The van der Waals surface area contributed by atoms with E-state index in [0.29, 0.717) is 11.8 Å². The van der Waals surface area contributed by atoms with E-state index >= 15 is 0 Å². The fourth-order valence-electron chi connectivity index (χ4n) is 4.63. The van der Waals surface area contributed by atoms with Gasteiger partial charge in [-0.2, -0.15) is 0 Å². The van der Waals surface area contributed by atoms with Gasteiger partial charge in [-0.1, -0.05) is 12.5 Å². The van der Waals surface area contributed by atoms with Gasteiger partial charge in [0.15, 0.2) is 0 Å². The Kier molecular flexibility index (Phi) is 2.76. The molecule has 1 aromatic rings. The van der Waals surface area contributed by atoms with Crippen LogP contribution in [-0.4, -0.2) is 5.91 Å². The largest absolute Gasteiger partial charge is 0.399 e. The van der Waals surface area contributed by atoms with Gasteiger partial charge in [-0.15, -0.1) is 0 Å². The second kappa shape index (κ2) is 4.51. The molecule has 2 fully saturated rings. The lowest BCUT2D eigenvalue weighted by molar-refractivity contribution is -0.127. The van der Waals surface area contributed by atoms with E-state index in [9.17, 15) is 4.79 Å². The Bertz CT molecular complexity index is 554. The molecule has 4 rings (SSSR count). The van der Waals surface area contributed by atoms with Crippen LogP contribution in [0.4, 0.5) is 5.69 Å². The maximum Gasteiger partial charge on any atom is 0.223 e. The van der Waals surface area contributed by atoms with Gasteiger partial charge in [-0.25, -0.2) is 0 Å². The Morgan fingerprint density at radius 3 is 2.85 bits per heavy atom. The van der Waals surface area contributed by atoms with E-state index in [-0.39, 0.29) is 12.0 Å². The summed E-state index contributed by atoms with van der Waals surface area (Å²) in [5.41, 5.74) is 9.24. The van der Waals surface area contributed by atoms with E-state index in [2.05, 4.69) is 17.4 Å². The van der Waals surface area contributed by atoms with Gasteiger partial charge in [0.1, 0.15) is 0 Å². The van der Waals surface area contributed by atoms with E-state index in [1.54, 1.807) is 0 Å². The van der Waals surface area contributed by atoms with Crippen molar-refractivity contribution in [2.75, 3.05) is 5.73 Å². The summed E-state index contributed by atoms with van der Waals surface area (Å²) in [6.07, 6.45) is 7.07. The van der Waals surface area contributed by atoms with Crippen molar-refractivity contribution in [2.45, 2.75) is 44.6 Å². The zero-order valence-electron chi connectivity index (χ0n) is 11.8. The minimum atomic E-state index is 0.206. The Hall–Kier alpha value is -1.51. The van der Waals surface area contributed by atoms with E-state index in [1.807, 2.05) is 6.07 Å². The van der Waals surface area contributed by atoms with Crippen LogP contribution >= 0.6 is 0 Å². The van der Waals surface area contributed by atoms with E-state index in [4.69, 9.17) is 5.73 Å². The summed E-state index contributed by atoms with van der Waals surface area (Å²) >= 11 is 0. The monoisotopic (exact) mass is 270 g/mol. The number of nitrogens with two attached hydrogens (primary N) is 1. The minimum Gasteiger partial charge on any atom is -0.399 e. The predicted molar refractivity (Wildman–Crippen MR) is 79.0 cm³/mol. The molecule has 2 saturated carbocycles. The van der Waals surface area contributed by atoms with Gasteiger partial charge in [0.05, 0.1) is 6.04 Å². The first-order valence-corrected chi connectivity index (χ1v) is 7.89. The molecule has 3 aliphatic carbocycles. The van der Waals surface area contributed by atoms with Gasteiger partial charge in [0.25, 0.3) is 0 Å². The molecule has 0 aliphatic heterocycles. The third-order valence-corrected chi connectivity index (χ3v) is 5.64. The first-order chi connectivity index (χ1) is 9.70.